The topological polar surface area (TPSA) is 52.6 Å². The molecule has 1 saturated carbocycles. The van der Waals surface area contributed by atoms with Crippen LogP contribution in [0.4, 0.5) is 4.39 Å². The number of halogens is 1. The molecular formula is C15H17FO4. The average Bonchev–Trinajstić information content (AvgIpc) is 3.17. The maximum Gasteiger partial charge on any atom is 0.317 e. The molecule has 0 spiro atoms. The van der Waals surface area contributed by atoms with Gasteiger partial charge in [-0.05, 0) is 38.0 Å². The van der Waals surface area contributed by atoms with Crippen molar-refractivity contribution in [1.29, 1.82) is 0 Å². The Balaban J connectivity index is 2.30. The average molecular weight is 280 g/mol. The molecule has 0 radical (unpaired) electrons. The van der Waals surface area contributed by atoms with Crippen LogP contribution in [0.2, 0.25) is 0 Å². The van der Waals surface area contributed by atoms with Crippen molar-refractivity contribution in [3.63, 3.8) is 0 Å². The third-order valence-electron chi connectivity index (χ3n) is 3.53. The van der Waals surface area contributed by atoms with Crippen LogP contribution >= 0.6 is 0 Å². The van der Waals surface area contributed by atoms with Gasteiger partial charge in [0.05, 0.1) is 19.1 Å². The third kappa shape index (κ3) is 2.40. The fourth-order valence-electron chi connectivity index (χ4n) is 2.46. The van der Waals surface area contributed by atoms with Crippen LogP contribution in [-0.4, -0.2) is 25.2 Å². The molecule has 20 heavy (non-hydrogen) atoms. The first-order valence-corrected chi connectivity index (χ1v) is 6.66. The molecule has 0 aliphatic heterocycles. The molecule has 1 aromatic rings. The van der Waals surface area contributed by atoms with Crippen molar-refractivity contribution < 1.29 is 23.5 Å². The molecule has 0 unspecified atom stereocenters. The molecule has 0 heterocycles. The molecule has 108 valence electrons. The van der Waals surface area contributed by atoms with E-state index in [9.17, 15) is 14.0 Å². The van der Waals surface area contributed by atoms with Crippen molar-refractivity contribution in [2.45, 2.75) is 25.7 Å². The van der Waals surface area contributed by atoms with E-state index in [-0.39, 0.29) is 19.0 Å². The summed E-state index contributed by atoms with van der Waals surface area (Å²) in [5.74, 6) is -1.80. The molecule has 4 nitrogen and oxygen atoms in total. The smallest absolute Gasteiger partial charge is 0.317 e. The van der Waals surface area contributed by atoms with Gasteiger partial charge < -0.3 is 9.47 Å². The summed E-state index contributed by atoms with van der Waals surface area (Å²) in [5, 5.41) is 0. The molecule has 0 N–H and O–H groups in total. The highest BCUT2D eigenvalue weighted by Crippen LogP contribution is 2.55. The lowest BCUT2D eigenvalue weighted by Crippen LogP contribution is -2.28. The second kappa shape index (κ2) is 5.61. The molecule has 0 aromatic heterocycles. The first-order valence-electron chi connectivity index (χ1n) is 6.66. The largest absolute Gasteiger partial charge is 0.466 e. The Morgan fingerprint density at radius 1 is 1.20 bits per heavy atom. The zero-order chi connectivity index (χ0) is 14.8. The molecule has 1 fully saturated rings. The number of esters is 2. The molecular weight excluding hydrogens is 263 g/mol. The van der Waals surface area contributed by atoms with E-state index in [0.29, 0.717) is 12.0 Å². The summed E-state index contributed by atoms with van der Waals surface area (Å²) in [6.07, 6.45) is 0.344. The van der Waals surface area contributed by atoms with Crippen LogP contribution in [0.25, 0.3) is 0 Å². The molecule has 1 aliphatic carbocycles. The molecule has 5 heteroatoms. The maximum atomic E-state index is 13.0. The number of hydrogen-bond acceptors (Lipinski definition) is 4. The number of rotatable bonds is 5. The molecule has 0 saturated heterocycles. The highest BCUT2D eigenvalue weighted by molar-refractivity contribution is 5.96. The van der Waals surface area contributed by atoms with Crippen molar-refractivity contribution >= 4 is 11.9 Å². The lowest BCUT2D eigenvalue weighted by molar-refractivity contribution is -0.152. The maximum absolute atomic E-state index is 13.0. The Morgan fingerprint density at radius 2 is 1.80 bits per heavy atom. The van der Waals surface area contributed by atoms with Crippen molar-refractivity contribution in [1.82, 2.24) is 0 Å². The molecule has 1 aromatic carbocycles. The Hall–Kier alpha value is -1.91. The molecule has 0 amide bonds. The lowest BCUT2D eigenvalue weighted by atomic mass is 9.93. The van der Waals surface area contributed by atoms with Crippen molar-refractivity contribution in [2.75, 3.05) is 13.2 Å². The Bertz CT molecular complexity index is 511. The SMILES string of the molecule is CCOC(=O)[C@H]1C[C@]1(C(=O)OCC)c1ccc(F)cc1. The van der Waals surface area contributed by atoms with Gasteiger partial charge in [-0.2, -0.15) is 0 Å². The van der Waals surface area contributed by atoms with Crippen molar-refractivity contribution in [2.24, 2.45) is 5.92 Å². The number of carbonyl (C=O) groups is 2. The van der Waals surface area contributed by atoms with Crippen LogP contribution in [0.3, 0.4) is 0 Å². The number of carbonyl (C=O) groups excluding carboxylic acids is 2. The van der Waals surface area contributed by atoms with Crippen LogP contribution < -0.4 is 0 Å². The second-order valence-electron chi connectivity index (χ2n) is 4.71. The predicted octanol–water partition coefficient (Wildman–Crippen LogP) is 2.21. The molecule has 1 aliphatic rings. The Kier molecular flexibility index (Phi) is 4.06. The van der Waals surface area contributed by atoms with Crippen LogP contribution in [0, 0.1) is 11.7 Å². The lowest BCUT2D eigenvalue weighted by Gasteiger charge is -2.16. The van der Waals surface area contributed by atoms with Gasteiger partial charge in [0.25, 0.3) is 0 Å². The first kappa shape index (κ1) is 14.5. The molecule has 2 rings (SSSR count). The fraction of sp³-hybridized carbons (Fsp3) is 0.467. The zero-order valence-corrected chi connectivity index (χ0v) is 11.5. The quantitative estimate of drug-likeness (QED) is 0.776. The Morgan fingerprint density at radius 3 is 2.35 bits per heavy atom. The van der Waals surface area contributed by atoms with Crippen molar-refractivity contribution in [3.8, 4) is 0 Å². The van der Waals surface area contributed by atoms with Crippen molar-refractivity contribution in [3.05, 3.63) is 35.6 Å². The molecule has 2 atom stereocenters. The van der Waals surface area contributed by atoms with Crippen LogP contribution in [0.15, 0.2) is 24.3 Å². The van der Waals surface area contributed by atoms with Crippen LogP contribution in [0.1, 0.15) is 25.8 Å². The summed E-state index contributed by atoms with van der Waals surface area (Å²) in [6, 6.07) is 5.59. The minimum Gasteiger partial charge on any atom is -0.466 e. The van der Waals surface area contributed by atoms with Gasteiger partial charge in [0.15, 0.2) is 0 Å². The van der Waals surface area contributed by atoms with Gasteiger partial charge in [0.2, 0.25) is 0 Å². The number of hydrogen-bond donors (Lipinski definition) is 0. The predicted molar refractivity (Wildman–Crippen MR) is 69.5 cm³/mol. The van der Waals surface area contributed by atoms with Gasteiger partial charge in [-0.1, -0.05) is 12.1 Å². The standard InChI is InChI=1S/C15H17FO4/c1-3-19-13(17)12-9-15(12,14(18)20-4-2)10-5-7-11(16)8-6-10/h5-8,12H,3-4,9H2,1-2H3/t12-,15+/m1/s1. The summed E-state index contributed by atoms with van der Waals surface area (Å²) in [4.78, 5) is 24.1. The summed E-state index contributed by atoms with van der Waals surface area (Å²) >= 11 is 0. The van der Waals surface area contributed by atoms with Gasteiger partial charge in [-0.15, -0.1) is 0 Å². The minimum absolute atomic E-state index is 0.233. The van der Waals surface area contributed by atoms with E-state index in [4.69, 9.17) is 9.47 Å². The van der Waals surface area contributed by atoms with Gasteiger partial charge in [-0.3, -0.25) is 9.59 Å². The van der Waals surface area contributed by atoms with Gasteiger partial charge in [-0.25, -0.2) is 4.39 Å². The molecule has 0 bridgehead atoms. The number of benzene rings is 1. The van der Waals surface area contributed by atoms with E-state index >= 15 is 0 Å². The monoisotopic (exact) mass is 280 g/mol. The highest BCUT2D eigenvalue weighted by atomic mass is 19.1. The van der Waals surface area contributed by atoms with E-state index < -0.39 is 23.3 Å². The summed E-state index contributed by atoms with van der Waals surface area (Å²) in [5.41, 5.74) is -0.425. The van der Waals surface area contributed by atoms with Crippen LogP contribution in [0.5, 0.6) is 0 Å². The summed E-state index contributed by atoms with van der Waals surface area (Å²) in [7, 11) is 0. The zero-order valence-electron chi connectivity index (χ0n) is 11.5. The summed E-state index contributed by atoms with van der Waals surface area (Å²) in [6.45, 7) is 3.91. The summed E-state index contributed by atoms with van der Waals surface area (Å²) < 4.78 is 23.1. The normalized spacial score (nSPS) is 24.1. The second-order valence-corrected chi connectivity index (χ2v) is 4.71. The third-order valence-corrected chi connectivity index (χ3v) is 3.53. The van der Waals surface area contributed by atoms with Crippen LogP contribution in [-0.2, 0) is 24.5 Å². The number of ether oxygens (including phenoxy) is 2. The minimum atomic E-state index is -1.02. The van der Waals surface area contributed by atoms with Gasteiger partial charge in [0, 0.05) is 0 Å². The van der Waals surface area contributed by atoms with E-state index in [1.54, 1.807) is 13.8 Å². The van der Waals surface area contributed by atoms with E-state index in [1.165, 1.54) is 24.3 Å². The fourth-order valence-corrected chi connectivity index (χ4v) is 2.46. The highest BCUT2D eigenvalue weighted by Gasteiger charge is 2.66. The van der Waals surface area contributed by atoms with Gasteiger partial charge in [0.1, 0.15) is 11.2 Å². The van der Waals surface area contributed by atoms with E-state index in [2.05, 4.69) is 0 Å². The first-order chi connectivity index (χ1) is 9.56. The van der Waals surface area contributed by atoms with E-state index in [1.807, 2.05) is 0 Å². The van der Waals surface area contributed by atoms with Gasteiger partial charge >= 0.3 is 11.9 Å². The van der Waals surface area contributed by atoms with E-state index in [0.717, 1.165) is 0 Å². The Labute approximate surface area is 116 Å².